The van der Waals surface area contributed by atoms with Crippen molar-refractivity contribution in [1.29, 1.82) is 0 Å². The molecule has 4 N–H and O–H groups in total. The van der Waals surface area contributed by atoms with E-state index in [1.165, 1.54) is 22.3 Å². The fourth-order valence-electron chi connectivity index (χ4n) is 4.85. The Labute approximate surface area is 204 Å². The number of hydrogen-bond acceptors (Lipinski definition) is 6. The second-order valence-corrected chi connectivity index (χ2v) is 9.97. The van der Waals surface area contributed by atoms with E-state index in [1.807, 2.05) is 19.1 Å². The highest BCUT2D eigenvalue weighted by atomic mass is 32.1. The monoisotopic (exact) mass is 501 g/mol. The van der Waals surface area contributed by atoms with Crippen molar-refractivity contribution in [2.75, 3.05) is 36.8 Å². The minimum atomic E-state index is -1.02. The number of fused-ring (bicyclic) bond motifs is 2. The van der Waals surface area contributed by atoms with Gasteiger partial charge in [-0.3, -0.25) is 4.79 Å². The molecule has 184 valence electrons. The lowest BCUT2D eigenvalue weighted by atomic mass is 9.86. The van der Waals surface area contributed by atoms with Crippen LogP contribution in [0.1, 0.15) is 32.9 Å². The Morgan fingerprint density at radius 3 is 2.66 bits per heavy atom. The zero-order chi connectivity index (χ0) is 24.9. The second-order valence-electron chi connectivity index (χ2n) is 8.97. The SMILES string of the molecule is Cc1ccc2c(N)c(C(=O)NC3CCc4c(F)c(N5CCN(C(=O)O)CC5)cc(F)c4C3)sc2n1. The molecule has 3 aromatic rings. The first kappa shape index (κ1) is 23.3. The van der Waals surface area contributed by atoms with E-state index < -0.39 is 17.7 Å². The normalized spacial score (nSPS) is 18.0. The molecular weight excluding hydrogens is 476 g/mol. The van der Waals surface area contributed by atoms with Gasteiger partial charge < -0.3 is 26.0 Å². The number of thiophene rings is 1. The number of nitrogens with zero attached hydrogens (tertiary/aromatic N) is 3. The number of benzene rings is 1. The van der Waals surface area contributed by atoms with Crippen LogP contribution in [0.4, 0.5) is 25.0 Å². The number of halogens is 2. The predicted molar refractivity (Wildman–Crippen MR) is 130 cm³/mol. The van der Waals surface area contributed by atoms with Crippen LogP contribution in [0.5, 0.6) is 0 Å². The van der Waals surface area contributed by atoms with Gasteiger partial charge in [0.1, 0.15) is 21.3 Å². The number of nitrogen functional groups attached to an aromatic ring is 1. The van der Waals surface area contributed by atoms with Gasteiger partial charge in [0.15, 0.2) is 0 Å². The molecule has 3 heterocycles. The van der Waals surface area contributed by atoms with Crippen molar-refractivity contribution in [1.82, 2.24) is 15.2 Å². The molecule has 11 heteroatoms. The Hall–Kier alpha value is -3.47. The van der Waals surface area contributed by atoms with Gasteiger partial charge in [-0.05, 0) is 49.4 Å². The van der Waals surface area contributed by atoms with Crippen molar-refractivity contribution in [3.63, 3.8) is 0 Å². The molecule has 1 fully saturated rings. The number of carbonyl (C=O) groups excluding carboxylic acids is 1. The summed E-state index contributed by atoms with van der Waals surface area (Å²) in [5.41, 5.74) is 8.15. The average molecular weight is 502 g/mol. The summed E-state index contributed by atoms with van der Waals surface area (Å²) in [6, 6.07) is 4.51. The summed E-state index contributed by atoms with van der Waals surface area (Å²) in [5.74, 6) is -1.33. The number of nitrogens with one attached hydrogen (secondary N) is 1. The van der Waals surface area contributed by atoms with E-state index in [2.05, 4.69) is 10.3 Å². The first-order valence-electron chi connectivity index (χ1n) is 11.4. The molecule has 1 aromatic carbocycles. The number of amides is 2. The van der Waals surface area contributed by atoms with E-state index in [9.17, 15) is 9.59 Å². The summed E-state index contributed by atoms with van der Waals surface area (Å²) in [5, 5.41) is 12.8. The first-order chi connectivity index (χ1) is 16.7. The summed E-state index contributed by atoms with van der Waals surface area (Å²) in [7, 11) is 0. The Balaban J connectivity index is 1.32. The highest BCUT2D eigenvalue weighted by Gasteiger charge is 2.31. The van der Waals surface area contributed by atoms with Crippen molar-refractivity contribution >= 4 is 44.9 Å². The second kappa shape index (κ2) is 8.95. The Morgan fingerprint density at radius 2 is 1.94 bits per heavy atom. The predicted octanol–water partition coefficient (Wildman–Crippen LogP) is 3.55. The number of nitrogens with two attached hydrogens (primary N) is 1. The van der Waals surface area contributed by atoms with Crippen LogP contribution >= 0.6 is 11.3 Å². The molecule has 1 saturated heterocycles. The Kier molecular flexibility index (Phi) is 5.96. The molecule has 2 amide bonds. The molecule has 35 heavy (non-hydrogen) atoms. The third-order valence-corrected chi connectivity index (χ3v) is 7.88. The first-order valence-corrected chi connectivity index (χ1v) is 12.2. The molecule has 0 bridgehead atoms. The maximum Gasteiger partial charge on any atom is 0.407 e. The van der Waals surface area contributed by atoms with E-state index in [1.54, 1.807) is 4.90 Å². The fourth-order valence-corrected chi connectivity index (χ4v) is 5.89. The van der Waals surface area contributed by atoms with Gasteiger partial charge in [-0.25, -0.2) is 18.6 Å². The summed E-state index contributed by atoms with van der Waals surface area (Å²) >= 11 is 1.22. The van der Waals surface area contributed by atoms with Crippen LogP contribution in [0, 0.1) is 18.6 Å². The third kappa shape index (κ3) is 4.24. The number of rotatable bonds is 3. The van der Waals surface area contributed by atoms with E-state index in [4.69, 9.17) is 10.8 Å². The van der Waals surface area contributed by atoms with Crippen molar-refractivity contribution in [2.24, 2.45) is 0 Å². The smallest absolute Gasteiger partial charge is 0.407 e. The zero-order valence-corrected chi connectivity index (χ0v) is 19.9. The van der Waals surface area contributed by atoms with E-state index >= 15 is 8.78 Å². The van der Waals surface area contributed by atoms with Crippen molar-refractivity contribution < 1.29 is 23.5 Å². The van der Waals surface area contributed by atoms with Gasteiger partial charge in [0.25, 0.3) is 5.91 Å². The Morgan fingerprint density at radius 1 is 1.20 bits per heavy atom. The van der Waals surface area contributed by atoms with Crippen LogP contribution in [0.3, 0.4) is 0 Å². The number of hydrogen-bond donors (Lipinski definition) is 3. The number of pyridine rings is 1. The molecule has 2 aromatic heterocycles. The lowest BCUT2D eigenvalue weighted by Crippen LogP contribution is -2.48. The summed E-state index contributed by atoms with van der Waals surface area (Å²) in [6.07, 6.45) is -0.0835. The number of carboxylic acid groups (broad SMARTS) is 1. The van der Waals surface area contributed by atoms with Crippen LogP contribution in [-0.4, -0.2) is 59.2 Å². The number of aryl methyl sites for hydroxylation is 1. The van der Waals surface area contributed by atoms with Gasteiger partial charge in [-0.2, -0.15) is 0 Å². The minimum absolute atomic E-state index is 0.162. The van der Waals surface area contributed by atoms with Crippen molar-refractivity contribution in [3.05, 3.63) is 51.5 Å². The molecule has 5 rings (SSSR count). The van der Waals surface area contributed by atoms with Gasteiger partial charge in [0.05, 0.1) is 11.4 Å². The van der Waals surface area contributed by atoms with Crippen LogP contribution in [0.25, 0.3) is 10.2 Å². The van der Waals surface area contributed by atoms with Gasteiger partial charge in [-0.15, -0.1) is 11.3 Å². The number of piperazine rings is 1. The number of anilines is 2. The number of carbonyl (C=O) groups is 2. The summed E-state index contributed by atoms with van der Waals surface area (Å²) < 4.78 is 30.5. The molecule has 0 radical (unpaired) electrons. The van der Waals surface area contributed by atoms with Crippen molar-refractivity contribution in [3.8, 4) is 0 Å². The van der Waals surface area contributed by atoms with Crippen molar-refractivity contribution in [2.45, 2.75) is 32.2 Å². The molecular formula is C24H25F2N5O3S. The Bertz CT molecular complexity index is 1340. The lowest BCUT2D eigenvalue weighted by molar-refractivity contribution is 0.0938. The van der Waals surface area contributed by atoms with Gasteiger partial charge in [0, 0.05) is 49.4 Å². The third-order valence-electron chi connectivity index (χ3n) is 6.76. The maximum absolute atomic E-state index is 15.4. The minimum Gasteiger partial charge on any atom is -0.465 e. The van der Waals surface area contributed by atoms with Crippen LogP contribution in [0.2, 0.25) is 0 Å². The molecule has 8 nitrogen and oxygen atoms in total. The molecule has 1 atom stereocenters. The van der Waals surface area contributed by atoms with Gasteiger partial charge in [-0.1, -0.05) is 0 Å². The highest BCUT2D eigenvalue weighted by Crippen LogP contribution is 2.35. The van der Waals surface area contributed by atoms with Crippen LogP contribution < -0.4 is 16.0 Å². The molecule has 1 aliphatic heterocycles. The number of aromatic nitrogens is 1. The zero-order valence-electron chi connectivity index (χ0n) is 19.1. The van der Waals surface area contributed by atoms with E-state index in [0.717, 1.165) is 11.1 Å². The highest BCUT2D eigenvalue weighted by molar-refractivity contribution is 7.21. The molecule has 0 saturated carbocycles. The largest absolute Gasteiger partial charge is 0.465 e. The average Bonchev–Trinajstić information content (AvgIpc) is 3.17. The quantitative estimate of drug-likeness (QED) is 0.506. The van der Waals surface area contributed by atoms with E-state index in [0.29, 0.717) is 40.5 Å². The molecule has 1 aliphatic carbocycles. The standard InChI is InChI=1S/C24H25F2N5O3S/c1-12-2-4-15-20(27)21(35-23(15)28-12)22(32)29-13-3-5-14-16(10-13)17(25)11-18(19(14)26)30-6-8-31(9-7-30)24(33)34/h2,4,11,13H,3,5-10,27H2,1H3,(H,29,32)(H,33,34). The maximum atomic E-state index is 15.4. The molecule has 0 spiro atoms. The fraction of sp³-hybridized carbons (Fsp3) is 0.375. The summed E-state index contributed by atoms with van der Waals surface area (Å²) in [4.78, 5) is 32.5. The van der Waals surface area contributed by atoms with Crippen LogP contribution in [-0.2, 0) is 12.8 Å². The van der Waals surface area contributed by atoms with Gasteiger partial charge >= 0.3 is 6.09 Å². The topological polar surface area (TPSA) is 112 Å². The lowest BCUT2D eigenvalue weighted by Gasteiger charge is -2.36. The van der Waals surface area contributed by atoms with Crippen LogP contribution in [0.15, 0.2) is 18.2 Å². The van der Waals surface area contributed by atoms with E-state index in [-0.39, 0.29) is 49.1 Å². The van der Waals surface area contributed by atoms with Gasteiger partial charge in [0.2, 0.25) is 0 Å². The molecule has 2 aliphatic rings. The summed E-state index contributed by atoms with van der Waals surface area (Å²) in [6.45, 7) is 2.93. The molecule has 1 unspecified atom stereocenters.